The van der Waals surface area contributed by atoms with Crippen molar-refractivity contribution >= 4 is 23.3 Å². The Labute approximate surface area is 140 Å². The molecule has 2 rings (SSSR count). The number of rotatable bonds is 5. The Morgan fingerprint density at radius 3 is 2.25 bits per heavy atom. The van der Waals surface area contributed by atoms with Crippen molar-refractivity contribution in [1.82, 2.24) is 0 Å². The third kappa shape index (κ3) is 4.52. The molecule has 5 heteroatoms. The lowest BCUT2D eigenvalue weighted by Crippen LogP contribution is -2.30. The van der Waals surface area contributed by atoms with Crippen molar-refractivity contribution in [3.63, 3.8) is 0 Å². The van der Waals surface area contributed by atoms with Crippen LogP contribution in [0.3, 0.4) is 0 Å². The Kier molecular flexibility index (Phi) is 5.47. The van der Waals surface area contributed by atoms with E-state index in [1.165, 1.54) is 13.8 Å². The van der Waals surface area contributed by atoms with Gasteiger partial charge in [0.1, 0.15) is 0 Å². The molecule has 5 nitrogen and oxygen atoms in total. The fraction of sp³-hybridized carbons (Fsp3) is 0.211. The van der Waals surface area contributed by atoms with Gasteiger partial charge in [0.15, 0.2) is 11.9 Å². The minimum atomic E-state index is -0.939. The SMILES string of the molecule is CC(=O)c1ccc(NC(=O)[C@@H](C)OC(=O)c2cccc(C)c2)cc1. The number of amides is 1. The van der Waals surface area contributed by atoms with E-state index in [0.717, 1.165) is 5.56 Å². The highest BCUT2D eigenvalue weighted by Gasteiger charge is 2.19. The molecular weight excluding hydrogens is 306 g/mol. The lowest BCUT2D eigenvalue weighted by Gasteiger charge is -2.14. The summed E-state index contributed by atoms with van der Waals surface area (Å²) in [5, 5.41) is 2.65. The molecule has 0 spiro atoms. The molecule has 0 saturated heterocycles. The van der Waals surface area contributed by atoms with Crippen molar-refractivity contribution in [3.8, 4) is 0 Å². The average molecular weight is 325 g/mol. The maximum atomic E-state index is 12.1. The predicted octanol–water partition coefficient (Wildman–Crippen LogP) is 3.38. The zero-order valence-electron chi connectivity index (χ0n) is 13.8. The third-order valence-electron chi connectivity index (χ3n) is 3.47. The van der Waals surface area contributed by atoms with Crippen molar-refractivity contribution in [2.75, 3.05) is 5.32 Å². The fourth-order valence-electron chi connectivity index (χ4n) is 2.09. The molecule has 0 saturated carbocycles. The van der Waals surface area contributed by atoms with E-state index >= 15 is 0 Å². The van der Waals surface area contributed by atoms with Crippen molar-refractivity contribution < 1.29 is 19.1 Å². The molecule has 0 heterocycles. The zero-order chi connectivity index (χ0) is 17.7. The van der Waals surface area contributed by atoms with Crippen molar-refractivity contribution in [3.05, 3.63) is 65.2 Å². The number of nitrogens with one attached hydrogen (secondary N) is 1. The first-order chi connectivity index (χ1) is 11.4. The smallest absolute Gasteiger partial charge is 0.338 e. The van der Waals surface area contributed by atoms with Gasteiger partial charge in [0, 0.05) is 11.3 Å². The number of carbonyl (C=O) groups excluding carboxylic acids is 3. The Hall–Kier alpha value is -2.95. The molecule has 1 atom stereocenters. The van der Waals surface area contributed by atoms with Gasteiger partial charge in [0.25, 0.3) is 5.91 Å². The van der Waals surface area contributed by atoms with Gasteiger partial charge in [-0.1, -0.05) is 17.7 Å². The molecule has 124 valence electrons. The molecule has 2 aromatic rings. The van der Waals surface area contributed by atoms with Gasteiger partial charge >= 0.3 is 5.97 Å². The average Bonchev–Trinajstić information content (AvgIpc) is 2.55. The van der Waals surface area contributed by atoms with Crippen molar-refractivity contribution in [2.24, 2.45) is 0 Å². The summed E-state index contributed by atoms with van der Waals surface area (Å²) in [6.45, 7) is 4.85. The molecular formula is C19H19NO4. The standard InChI is InChI=1S/C19H19NO4/c1-12-5-4-6-16(11-12)19(23)24-14(3)18(22)20-17-9-7-15(8-10-17)13(2)21/h4-11,14H,1-3H3,(H,20,22)/t14-/m1/s1. The molecule has 1 amide bonds. The van der Waals surface area contributed by atoms with E-state index in [1.54, 1.807) is 42.5 Å². The first-order valence-electron chi connectivity index (χ1n) is 7.56. The van der Waals surface area contributed by atoms with Gasteiger partial charge in [0.05, 0.1) is 5.56 Å². The maximum absolute atomic E-state index is 12.1. The van der Waals surface area contributed by atoms with Crippen LogP contribution in [-0.4, -0.2) is 23.8 Å². The number of ketones is 1. The molecule has 0 unspecified atom stereocenters. The Morgan fingerprint density at radius 2 is 1.67 bits per heavy atom. The van der Waals surface area contributed by atoms with Crippen LogP contribution in [0.2, 0.25) is 0 Å². The van der Waals surface area contributed by atoms with Crippen LogP contribution in [-0.2, 0) is 9.53 Å². The van der Waals surface area contributed by atoms with Gasteiger partial charge in [-0.25, -0.2) is 4.79 Å². The summed E-state index contributed by atoms with van der Waals surface area (Å²) in [5.41, 5.74) is 2.43. The van der Waals surface area contributed by atoms with E-state index in [0.29, 0.717) is 16.8 Å². The van der Waals surface area contributed by atoms with Crippen LogP contribution in [0.5, 0.6) is 0 Å². The topological polar surface area (TPSA) is 72.5 Å². The van der Waals surface area contributed by atoms with Gasteiger partial charge in [-0.2, -0.15) is 0 Å². The van der Waals surface area contributed by atoms with E-state index in [1.807, 2.05) is 13.0 Å². The Balaban J connectivity index is 1.96. The van der Waals surface area contributed by atoms with E-state index in [9.17, 15) is 14.4 Å². The molecule has 1 N–H and O–H groups in total. The molecule has 0 aromatic heterocycles. The van der Waals surface area contributed by atoms with Crippen molar-refractivity contribution in [2.45, 2.75) is 26.9 Å². The Bertz CT molecular complexity index is 765. The quantitative estimate of drug-likeness (QED) is 0.675. The molecule has 2 aromatic carbocycles. The summed E-state index contributed by atoms with van der Waals surface area (Å²) in [4.78, 5) is 35.4. The summed E-state index contributed by atoms with van der Waals surface area (Å²) >= 11 is 0. The summed E-state index contributed by atoms with van der Waals surface area (Å²) in [6.07, 6.45) is -0.939. The second-order valence-electron chi connectivity index (χ2n) is 5.54. The maximum Gasteiger partial charge on any atom is 0.338 e. The molecule has 0 aliphatic carbocycles. The molecule has 0 aliphatic rings. The van der Waals surface area contributed by atoms with Gasteiger partial charge in [-0.15, -0.1) is 0 Å². The van der Waals surface area contributed by atoms with E-state index in [-0.39, 0.29) is 5.78 Å². The van der Waals surface area contributed by atoms with Crippen molar-refractivity contribution in [1.29, 1.82) is 0 Å². The van der Waals surface area contributed by atoms with Gasteiger partial charge in [0.2, 0.25) is 0 Å². The van der Waals surface area contributed by atoms with E-state index in [4.69, 9.17) is 4.74 Å². The monoisotopic (exact) mass is 325 g/mol. The predicted molar refractivity (Wildman–Crippen MR) is 91.1 cm³/mol. The minimum absolute atomic E-state index is 0.0478. The number of aryl methyl sites for hydroxylation is 1. The number of carbonyl (C=O) groups is 3. The summed E-state index contributed by atoms with van der Waals surface area (Å²) in [6, 6.07) is 13.5. The molecule has 0 radical (unpaired) electrons. The second kappa shape index (κ2) is 7.55. The first-order valence-corrected chi connectivity index (χ1v) is 7.56. The number of hydrogen-bond acceptors (Lipinski definition) is 4. The van der Waals surface area contributed by atoms with Crippen LogP contribution in [0.15, 0.2) is 48.5 Å². The second-order valence-corrected chi connectivity index (χ2v) is 5.54. The number of Topliss-reactive ketones (excluding diaryl/α,β-unsaturated/α-hetero) is 1. The lowest BCUT2D eigenvalue weighted by molar-refractivity contribution is -0.123. The zero-order valence-corrected chi connectivity index (χ0v) is 13.8. The molecule has 24 heavy (non-hydrogen) atoms. The lowest BCUT2D eigenvalue weighted by atomic mass is 10.1. The number of benzene rings is 2. The summed E-state index contributed by atoms with van der Waals surface area (Å²) < 4.78 is 5.18. The normalized spacial score (nSPS) is 11.5. The molecule has 0 bridgehead atoms. The van der Waals surface area contributed by atoms with Gasteiger partial charge in [-0.05, 0) is 57.2 Å². The highest BCUT2D eigenvalue weighted by atomic mass is 16.5. The Morgan fingerprint density at radius 1 is 1.00 bits per heavy atom. The molecule has 0 fully saturated rings. The third-order valence-corrected chi connectivity index (χ3v) is 3.47. The number of hydrogen-bond donors (Lipinski definition) is 1. The minimum Gasteiger partial charge on any atom is -0.449 e. The number of ether oxygens (including phenoxy) is 1. The number of anilines is 1. The fourth-order valence-corrected chi connectivity index (χ4v) is 2.09. The van der Waals surface area contributed by atoms with E-state index in [2.05, 4.69) is 5.32 Å². The van der Waals surface area contributed by atoms with Gasteiger partial charge < -0.3 is 10.1 Å². The van der Waals surface area contributed by atoms with Crippen LogP contribution >= 0.6 is 0 Å². The highest BCUT2D eigenvalue weighted by molar-refractivity contribution is 5.98. The molecule has 0 aliphatic heterocycles. The van der Waals surface area contributed by atoms with Crippen LogP contribution in [0.4, 0.5) is 5.69 Å². The van der Waals surface area contributed by atoms with Crippen LogP contribution in [0.1, 0.15) is 40.1 Å². The largest absolute Gasteiger partial charge is 0.449 e. The van der Waals surface area contributed by atoms with Gasteiger partial charge in [-0.3, -0.25) is 9.59 Å². The highest BCUT2D eigenvalue weighted by Crippen LogP contribution is 2.12. The van der Waals surface area contributed by atoms with E-state index < -0.39 is 18.0 Å². The summed E-state index contributed by atoms with van der Waals surface area (Å²) in [7, 11) is 0. The van der Waals surface area contributed by atoms with Crippen LogP contribution in [0, 0.1) is 6.92 Å². The van der Waals surface area contributed by atoms with Crippen LogP contribution in [0.25, 0.3) is 0 Å². The summed E-state index contributed by atoms with van der Waals surface area (Å²) in [5.74, 6) is -1.03. The first kappa shape index (κ1) is 17.4. The number of esters is 1. The van der Waals surface area contributed by atoms with Crippen LogP contribution < -0.4 is 5.32 Å².